The van der Waals surface area contributed by atoms with Crippen molar-refractivity contribution in [3.8, 4) is 11.4 Å². The molecule has 5 nitrogen and oxygen atoms in total. The van der Waals surface area contributed by atoms with Crippen LogP contribution >= 0.6 is 11.8 Å². The highest BCUT2D eigenvalue weighted by Gasteiger charge is 2.08. The first kappa shape index (κ1) is 16.3. The van der Waals surface area contributed by atoms with Crippen molar-refractivity contribution in [3.05, 3.63) is 65.2 Å². The van der Waals surface area contributed by atoms with E-state index in [4.69, 9.17) is 0 Å². The Bertz CT molecular complexity index is 826. The molecule has 1 heterocycles. The first-order valence-electron chi connectivity index (χ1n) is 7.45. The van der Waals surface area contributed by atoms with Gasteiger partial charge in [0, 0.05) is 11.3 Å². The normalized spacial score (nSPS) is 10.6. The Morgan fingerprint density at radius 3 is 2.50 bits per heavy atom. The molecule has 0 unspecified atom stereocenters. The summed E-state index contributed by atoms with van der Waals surface area (Å²) in [7, 11) is 1.38. The van der Waals surface area contributed by atoms with Crippen molar-refractivity contribution >= 4 is 17.7 Å². The molecule has 0 saturated carbocycles. The van der Waals surface area contributed by atoms with Gasteiger partial charge in [0.15, 0.2) is 5.82 Å². The van der Waals surface area contributed by atoms with Crippen LogP contribution in [0.1, 0.15) is 21.5 Å². The lowest BCUT2D eigenvalue weighted by molar-refractivity contribution is 0.0600. The van der Waals surface area contributed by atoms with E-state index in [0.29, 0.717) is 10.7 Å². The molecule has 3 aromatic rings. The van der Waals surface area contributed by atoms with Gasteiger partial charge < -0.3 is 4.74 Å². The number of nitrogens with one attached hydrogen (secondary N) is 1. The molecule has 0 atom stereocenters. The van der Waals surface area contributed by atoms with Gasteiger partial charge in [-0.1, -0.05) is 53.7 Å². The van der Waals surface area contributed by atoms with Gasteiger partial charge in [-0.05, 0) is 24.6 Å². The van der Waals surface area contributed by atoms with Crippen molar-refractivity contribution in [1.29, 1.82) is 0 Å². The Labute approximate surface area is 144 Å². The van der Waals surface area contributed by atoms with Crippen LogP contribution in [0.2, 0.25) is 0 Å². The monoisotopic (exact) mass is 339 g/mol. The van der Waals surface area contributed by atoms with Gasteiger partial charge in [-0.2, -0.15) is 0 Å². The molecule has 24 heavy (non-hydrogen) atoms. The molecule has 0 fully saturated rings. The molecule has 1 aromatic heterocycles. The van der Waals surface area contributed by atoms with E-state index in [1.54, 1.807) is 23.9 Å². The number of hydrogen-bond donors (Lipinski definition) is 1. The minimum absolute atomic E-state index is 0.328. The average molecular weight is 339 g/mol. The standard InChI is InChI=1S/C18H17N3O2S/c1-12-3-7-14(8-4-12)16-19-18(21-20-16)24-11-13-5-9-15(10-6-13)17(22)23-2/h3-10H,11H2,1-2H3,(H,19,20,21). The SMILES string of the molecule is COC(=O)c1ccc(CSc2n[nH]c(-c3ccc(C)cc3)n2)cc1. The zero-order valence-electron chi connectivity index (χ0n) is 13.4. The summed E-state index contributed by atoms with van der Waals surface area (Å²) in [5.41, 5.74) is 3.87. The predicted octanol–water partition coefficient (Wildman–Crippen LogP) is 3.86. The van der Waals surface area contributed by atoms with Gasteiger partial charge in [0.1, 0.15) is 0 Å². The van der Waals surface area contributed by atoms with Crippen LogP contribution in [0.3, 0.4) is 0 Å². The Morgan fingerprint density at radius 1 is 1.12 bits per heavy atom. The van der Waals surface area contributed by atoms with Gasteiger partial charge in [0.2, 0.25) is 5.16 Å². The summed E-state index contributed by atoms with van der Waals surface area (Å²) < 4.78 is 4.69. The molecule has 0 aliphatic heterocycles. The van der Waals surface area contributed by atoms with E-state index >= 15 is 0 Å². The molecule has 6 heteroatoms. The van der Waals surface area contributed by atoms with Crippen LogP contribution in [0, 0.1) is 6.92 Å². The second-order valence-electron chi connectivity index (χ2n) is 5.31. The third kappa shape index (κ3) is 3.83. The highest BCUT2D eigenvalue weighted by atomic mass is 32.2. The van der Waals surface area contributed by atoms with Crippen LogP contribution in [-0.4, -0.2) is 28.3 Å². The summed E-state index contributed by atoms with van der Waals surface area (Å²) in [6.45, 7) is 2.05. The molecular weight excluding hydrogens is 322 g/mol. The molecule has 0 radical (unpaired) electrons. The number of nitrogens with zero attached hydrogens (tertiary/aromatic N) is 2. The number of ether oxygens (including phenoxy) is 1. The van der Waals surface area contributed by atoms with E-state index < -0.39 is 0 Å². The number of rotatable bonds is 5. The van der Waals surface area contributed by atoms with Crippen molar-refractivity contribution in [3.63, 3.8) is 0 Å². The van der Waals surface area contributed by atoms with Crippen LogP contribution in [0.4, 0.5) is 0 Å². The molecule has 0 bridgehead atoms. The maximum Gasteiger partial charge on any atom is 0.337 e. The number of aromatic nitrogens is 3. The van der Waals surface area contributed by atoms with E-state index in [1.807, 2.05) is 36.4 Å². The number of H-pyrrole nitrogens is 1. The third-order valence-electron chi connectivity index (χ3n) is 3.53. The zero-order valence-corrected chi connectivity index (χ0v) is 14.3. The molecule has 3 rings (SSSR count). The van der Waals surface area contributed by atoms with Gasteiger partial charge in [0.05, 0.1) is 12.7 Å². The fraction of sp³-hybridized carbons (Fsp3) is 0.167. The summed E-state index contributed by atoms with van der Waals surface area (Å²) in [4.78, 5) is 15.9. The van der Waals surface area contributed by atoms with Crippen molar-refractivity contribution < 1.29 is 9.53 Å². The van der Waals surface area contributed by atoms with Crippen molar-refractivity contribution in [2.45, 2.75) is 17.8 Å². The van der Waals surface area contributed by atoms with Crippen molar-refractivity contribution in [2.75, 3.05) is 7.11 Å². The third-order valence-corrected chi connectivity index (χ3v) is 4.45. The summed E-state index contributed by atoms with van der Waals surface area (Å²) in [6.07, 6.45) is 0. The average Bonchev–Trinajstić information content (AvgIpc) is 3.09. The molecule has 1 N–H and O–H groups in total. The Kier molecular flexibility index (Phi) is 4.96. The quantitative estimate of drug-likeness (QED) is 0.565. The van der Waals surface area contributed by atoms with E-state index in [9.17, 15) is 4.79 Å². The summed E-state index contributed by atoms with van der Waals surface area (Å²) in [5, 5.41) is 7.91. The minimum Gasteiger partial charge on any atom is -0.465 e. The number of esters is 1. The molecule has 0 spiro atoms. The van der Waals surface area contributed by atoms with E-state index in [-0.39, 0.29) is 5.97 Å². The highest BCUT2D eigenvalue weighted by Crippen LogP contribution is 2.22. The van der Waals surface area contributed by atoms with Gasteiger partial charge in [-0.25, -0.2) is 9.78 Å². The maximum absolute atomic E-state index is 11.4. The number of aromatic amines is 1. The van der Waals surface area contributed by atoms with Gasteiger partial charge >= 0.3 is 5.97 Å². The van der Waals surface area contributed by atoms with E-state index in [2.05, 4.69) is 26.8 Å². The smallest absolute Gasteiger partial charge is 0.337 e. The van der Waals surface area contributed by atoms with Crippen LogP contribution < -0.4 is 0 Å². The molecule has 0 amide bonds. The zero-order chi connectivity index (χ0) is 16.9. The summed E-state index contributed by atoms with van der Waals surface area (Å²) in [6, 6.07) is 15.5. The van der Waals surface area contributed by atoms with Crippen LogP contribution in [0.15, 0.2) is 53.7 Å². The first-order valence-corrected chi connectivity index (χ1v) is 8.44. The number of carbonyl (C=O) groups is 1. The second-order valence-corrected chi connectivity index (χ2v) is 6.25. The van der Waals surface area contributed by atoms with Gasteiger partial charge in [-0.3, -0.25) is 5.10 Å². The lowest BCUT2D eigenvalue weighted by Gasteiger charge is -2.01. The topological polar surface area (TPSA) is 67.9 Å². The number of hydrogen-bond acceptors (Lipinski definition) is 5. The van der Waals surface area contributed by atoms with Crippen LogP contribution in [0.25, 0.3) is 11.4 Å². The number of benzene rings is 2. The Morgan fingerprint density at radius 2 is 1.83 bits per heavy atom. The van der Waals surface area contributed by atoms with E-state index in [0.717, 1.165) is 22.7 Å². The predicted molar refractivity (Wildman–Crippen MR) is 93.9 cm³/mol. The first-order chi connectivity index (χ1) is 11.7. The van der Waals surface area contributed by atoms with E-state index in [1.165, 1.54) is 12.7 Å². The number of aryl methyl sites for hydroxylation is 1. The molecule has 0 aliphatic rings. The lowest BCUT2D eigenvalue weighted by Crippen LogP contribution is -2.00. The van der Waals surface area contributed by atoms with Gasteiger partial charge in [-0.15, -0.1) is 5.10 Å². The number of thioether (sulfide) groups is 1. The summed E-state index contributed by atoms with van der Waals surface area (Å²) in [5.74, 6) is 1.16. The Hall–Kier alpha value is -2.60. The minimum atomic E-state index is -0.328. The van der Waals surface area contributed by atoms with Crippen LogP contribution in [0.5, 0.6) is 0 Å². The second kappa shape index (κ2) is 7.31. The van der Waals surface area contributed by atoms with Crippen molar-refractivity contribution in [2.24, 2.45) is 0 Å². The maximum atomic E-state index is 11.4. The molecule has 0 saturated heterocycles. The number of carbonyl (C=O) groups excluding carboxylic acids is 1. The summed E-state index contributed by atoms with van der Waals surface area (Å²) >= 11 is 1.54. The van der Waals surface area contributed by atoms with Gasteiger partial charge in [0.25, 0.3) is 0 Å². The molecule has 0 aliphatic carbocycles. The highest BCUT2D eigenvalue weighted by molar-refractivity contribution is 7.98. The molecule has 122 valence electrons. The van der Waals surface area contributed by atoms with Crippen molar-refractivity contribution in [1.82, 2.24) is 15.2 Å². The Balaban J connectivity index is 1.63. The lowest BCUT2D eigenvalue weighted by atomic mass is 10.1. The fourth-order valence-corrected chi connectivity index (χ4v) is 2.91. The molecular formula is C18H17N3O2S. The van der Waals surface area contributed by atoms with Crippen LogP contribution in [-0.2, 0) is 10.5 Å². The molecule has 2 aromatic carbocycles. The number of methoxy groups -OCH3 is 1. The fourth-order valence-electron chi connectivity index (χ4n) is 2.15. The largest absolute Gasteiger partial charge is 0.465 e.